The number of carbonyl (C=O) groups excluding carboxylic acids is 2. The van der Waals surface area contributed by atoms with Crippen LogP contribution in [0.2, 0.25) is 0 Å². The molecule has 1 atom stereocenters. The summed E-state index contributed by atoms with van der Waals surface area (Å²) in [5, 5.41) is 2.56. The number of hydrogen-bond donors (Lipinski definition) is 1. The largest absolute Gasteiger partial charge is 0.345 e. The highest BCUT2D eigenvalue weighted by Crippen LogP contribution is 2.32. The Morgan fingerprint density at radius 2 is 1.85 bits per heavy atom. The Morgan fingerprint density at radius 1 is 1.12 bits per heavy atom. The van der Waals surface area contributed by atoms with Gasteiger partial charge in [-0.05, 0) is 29.5 Å². The summed E-state index contributed by atoms with van der Waals surface area (Å²) in [7, 11) is 0. The number of benzene rings is 2. The maximum atomic E-state index is 12.8. The van der Waals surface area contributed by atoms with Gasteiger partial charge in [0.25, 0.3) is 0 Å². The minimum absolute atomic E-state index is 0.0599. The minimum Gasteiger partial charge on any atom is -0.345 e. The fraction of sp³-hybridized carbons (Fsp3) is 0.273. The number of rotatable bonds is 5. The Morgan fingerprint density at radius 3 is 2.62 bits per heavy atom. The second-order valence-electron chi connectivity index (χ2n) is 6.40. The first-order chi connectivity index (χ1) is 12.7. The smallest absolute Gasteiger partial charge is 0.232 e. The van der Waals surface area contributed by atoms with Crippen molar-refractivity contribution >= 4 is 11.8 Å². The number of nitrogens with zero attached hydrogens (tertiary/aromatic N) is 1. The van der Waals surface area contributed by atoms with Crippen LogP contribution in [0.5, 0.6) is 0 Å². The monoisotopic (exact) mass is 346 g/mol. The second-order valence-corrected chi connectivity index (χ2v) is 6.40. The lowest BCUT2D eigenvalue weighted by Crippen LogP contribution is -2.43. The van der Waals surface area contributed by atoms with Crippen LogP contribution >= 0.6 is 0 Å². The Bertz CT molecular complexity index is 824. The van der Waals surface area contributed by atoms with Crippen LogP contribution in [-0.4, -0.2) is 29.8 Å². The van der Waals surface area contributed by atoms with E-state index in [1.807, 2.05) is 35.2 Å². The first kappa shape index (κ1) is 17.8. The molecule has 1 heterocycles. The number of terminal acetylenes is 1. The molecule has 0 aromatic heterocycles. The molecular formula is C22H22N2O2. The van der Waals surface area contributed by atoms with E-state index in [2.05, 4.69) is 35.5 Å². The van der Waals surface area contributed by atoms with Gasteiger partial charge < -0.3 is 10.2 Å². The summed E-state index contributed by atoms with van der Waals surface area (Å²) >= 11 is 0. The molecular weight excluding hydrogens is 324 g/mol. The van der Waals surface area contributed by atoms with Gasteiger partial charge in [0.15, 0.2) is 0 Å². The van der Waals surface area contributed by atoms with Crippen LogP contribution in [0.15, 0.2) is 54.6 Å². The molecule has 1 aliphatic rings. The van der Waals surface area contributed by atoms with E-state index in [0.29, 0.717) is 6.54 Å². The van der Waals surface area contributed by atoms with Crippen LogP contribution in [0, 0.1) is 12.3 Å². The zero-order valence-corrected chi connectivity index (χ0v) is 14.7. The molecule has 26 heavy (non-hydrogen) atoms. The maximum absolute atomic E-state index is 12.8. The van der Waals surface area contributed by atoms with Crippen molar-refractivity contribution in [1.29, 1.82) is 0 Å². The summed E-state index contributed by atoms with van der Waals surface area (Å²) in [6.45, 7) is 0.762. The second kappa shape index (κ2) is 8.35. The van der Waals surface area contributed by atoms with E-state index in [4.69, 9.17) is 6.42 Å². The van der Waals surface area contributed by atoms with Crippen molar-refractivity contribution in [3.63, 3.8) is 0 Å². The van der Waals surface area contributed by atoms with Crippen LogP contribution in [0.4, 0.5) is 0 Å². The van der Waals surface area contributed by atoms with E-state index < -0.39 is 0 Å². The summed E-state index contributed by atoms with van der Waals surface area (Å²) in [6.07, 6.45) is 6.52. The average molecular weight is 346 g/mol. The maximum Gasteiger partial charge on any atom is 0.232 e. The van der Waals surface area contributed by atoms with Gasteiger partial charge in [-0.25, -0.2) is 0 Å². The van der Waals surface area contributed by atoms with Gasteiger partial charge in [-0.1, -0.05) is 60.5 Å². The van der Waals surface area contributed by atoms with Crippen molar-refractivity contribution in [1.82, 2.24) is 10.2 Å². The van der Waals surface area contributed by atoms with Gasteiger partial charge >= 0.3 is 0 Å². The molecule has 0 aliphatic carbocycles. The molecule has 0 bridgehead atoms. The molecule has 2 amide bonds. The molecule has 132 valence electrons. The SMILES string of the molecule is C#CCNC(=O)CC(=O)N1CCc2ccccc2C1Cc1ccccc1. The third-order valence-corrected chi connectivity index (χ3v) is 4.70. The predicted octanol–water partition coefficient (Wildman–Crippen LogP) is 2.49. The van der Waals surface area contributed by atoms with Gasteiger partial charge in [0, 0.05) is 6.54 Å². The highest BCUT2D eigenvalue weighted by atomic mass is 16.2. The highest BCUT2D eigenvalue weighted by Gasteiger charge is 2.31. The van der Waals surface area contributed by atoms with Gasteiger partial charge in [-0.2, -0.15) is 0 Å². The van der Waals surface area contributed by atoms with Crippen molar-refractivity contribution in [2.75, 3.05) is 13.1 Å². The molecule has 0 radical (unpaired) electrons. The zero-order chi connectivity index (χ0) is 18.4. The Balaban J connectivity index is 1.82. The molecule has 2 aromatic rings. The van der Waals surface area contributed by atoms with E-state index in [1.54, 1.807) is 0 Å². The Labute approximate surface area is 154 Å². The van der Waals surface area contributed by atoms with Crippen LogP contribution < -0.4 is 5.32 Å². The molecule has 1 N–H and O–H groups in total. The van der Waals surface area contributed by atoms with Gasteiger partial charge in [0.05, 0.1) is 12.6 Å². The molecule has 1 aliphatic heterocycles. The molecule has 1 unspecified atom stereocenters. The van der Waals surface area contributed by atoms with Crippen LogP contribution in [0.25, 0.3) is 0 Å². The first-order valence-corrected chi connectivity index (χ1v) is 8.80. The number of fused-ring (bicyclic) bond motifs is 1. The van der Waals surface area contributed by atoms with Crippen molar-refractivity contribution < 1.29 is 9.59 Å². The summed E-state index contributed by atoms with van der Waals surface area (Å²) in [4.78, 5) is 26.5. The lowest BCUT2D eigenvalue weighted by atomic mass is 9.88. The minimum atomic E-state index is -0.328. The number of amides is 2. The number of carbonyl (C=O) groups is 2. The molecule has 0 saturated carbocycles. The number of hydrogen-bond acceptors (Lipinski definition) is 2. The summed E-state index contributed by atoms with van der Waals surface area (Å²) in [5.41, 5.74) is 3.61. The first-order valence-electron chi connectivity index (χ1n) is 8.80. The van der Waals surface area contributed by atoms with Gasteiger partial charge in [-0.15, -0.1) is 6.42 Å². The van der Waals surface area contributed by atoms with Crippen LogP contribution in [0.1, 0.15) is 29.2 Å². The molecule has 0 fully saturated rings. The molecule has 4 nitrogen and oxygen atoms in total. The van der Waals surface area contributed by atoms with E-state index in [9.17, 15) is 9.59 Å². The van der Waals surface area contributed by atoms with Crippen LogP contribution in [-0.2, 0) is 22.4 Å². The van der Waals surface area contributed by atoms with Crippen molar-refractivity contribution in [2.24, 2.45) is 0 Å². The summed E-state index contributed by atoms with van der Waals surface area (Å²) < 4.78 is 0. The van der Waals surface area contributed by atoms with Crippen molar-refractivity contribution in [3.05, 3.63) is 71.3 Å². The third kappa shape index (κ3) is 4.12. The fourth-order valence-electron chi connectivity index (χ4n) is 3.46. The standard InChI is InChI=1S/C22H22N2O2/c1-2-13-23-21(25)16-22(26)24-14-12-18-10-6-7-11-19(18)20(24)15-17-8-4-3-5-9-17/h1,3-11,20H,12-16H2,(H,23,25). The van der Waals surface area contributed by atoms with Gasteiger partial charge in [0.1, 0.15) is 6.42 Å². The Kier molecular flexibility index (Phi) is 5.70. The predicted molar refractivity (Wildman–Crippen MR) is 101 cm³/mol. The van der Waals surface area contributed by atoms with E-state index in [-0.39, 0.29) is 30.8 Å². The summed E-state index contributed by atoms with van der Waals surface area (Å²) in [6, 6.07) is 18.3. The average Bonchev–Trinajstić information content (AvgIpc) is 2.67. The van der Waals surface area contributed by atoms with Crippen LogP contribution in [0.3, 0.4) is 0 Å². The molecule has 4 heteroatoms. The highest BCUT2D eigenvalue weighted by molar-refractivity contribution is 5.97. The van der Waals surface area contributed by atoms with E-state index in [0.717, 1.165) is 12.8 Å². The zero-order valence-electron chi connectivity index (χ0n) is 14.7. The molecule has 0 spiro atoms. The van der Waals surface area contributed by atoms with E-state index in [1.165, 1.54) is 16.7 Å². The Hall–Kier alpha value is -3.06. The lowest BCUT2D eigenvalue weighted by Gasteiger charge is -2.37. The molecule has 0 saturated heterocycles. The van der Waals surface area contributed by atoms with Crippen molar-refractivity contribution in [2.45, 2.75) is 25.3 Å². The summed E-state index contributed by atoms with van der Waals surface area (Å²) in [5.74, 6) is 1.86. The number of nitrogens with one attached hydrogen (secondary N) is 1. The van der Waals surface area contributed by atoms with Gasteiger partial charge in [0.2, 0.25) is 11.8 Å². The van der Waals surface area contributed by atoms with E-state index >= 15 is 0 Å². The lowest BCUT2D eigenvalue weighted by molar-refractivity contribution is -0.138. The fourth-order valence-corrected chi connectivity index (χ4v) is 3.46. The topological polar surface area (TPSA) is 49.4 Å². The quantitative estimate of drug-likeness (QED) is 0.668. The molecule has 3 rings (SSSR count). The molecule has 2 aromatic carbocycles. The third-order valence-electron chi connectivity index (χ3n) is 4.70. The normalized spacial score (nSPS) is 15.7. The van der Waals surface area contributed by atoms with Crippen molar-refractivity contribution in [3.8, 4) is 12.3 Å². The van der Waals surface area contributed by atoms with Gasteiger partial charge in [-0.3, -0.25) is 9.59 Å².